The summed E-state index contributed by atoms with van der Waals surface area (Å²) in [6.45, 7) is 1.06. The summed E-state index contributed by atoms with van der Waals surface area (Å²) in [5, 5.41) is 8.80. The van der Waals surface area contributed by atoms with Crippen molar-refractivity contribution in [3.63, 3.8) is 0 Å². The maximum atomic E-state index is 12.2. The molecule has 2 aliphatic heterocycles. The van der Waals surface area contributed by atoms with Gasteiger partial charge in [-0.3, -0.25) is 4.79 Å². The first-order valence-corrected chi connectivity index (χ1v) is 7.93. The molecule has 18 heavy (non-hydrogen) atoms. The predicted molar refractivity (Wildman–Crippen MR) is 64.7 cm³/mol. The number of ether oxygens (including phenoxy) is 1. The van der Waals surface area contributed by atoms with Crippen molar-refractivity contribution in [1.82, 2.24) is 4.31 Å². The summed E-state index contributed by atoms with van der Waals surface area (Å²) in [7, 11) is -3.39. The van der Waals surface area contributed by atoms with Crippen molar-refractivity contribution < 1.29 is 23.1 Å². The first-order valence-electron chi connectivity index (χ1n) is 6.32. The third kappa shape index (κ3) is 3.21. The summed E-state index contributed by atoms with van der Waals surface area (Å²) < 4.78 is 31.2. The molecule has 0 bridgehead atoms. The predicted octanol–water partition coefficient (Wildman–Crippen LogP) is 0.434. The number of carboxylic acids is 1. The smallest absolute Gasteiger partial charge is 0.304 e. The quantitative estimate of drug-likeness (QED) is 0.788. The van der Waals surface area contributed by atoms with Gasteiger partial charge in [-0.25, -0.2) is 8.42 Å². The highest BCUT2D eigenvalue weighted by Crippen LogP contribution is 2.25. The third-order valence-electron chi connectivity index (χ3n) is 3.51. The first kappa shape index (κ1) is 13.8. The van der Waals surface area contributed by atoms with E-state index in [4.69, 9.17) is 9.84 Å². The summed E-state index contributed by atoms with van der Waals surface area (Å²) >= 11 is 0. The highest BCUT2D eigenvalue weighted by molar-refractivity contribution is 7.89. The van der Waals surface area contributed by atoms with Crippen molar-refractivity contribution in [3.05, 3.63) is 0 Å². The summed E-state index contributed by atoms with van der Waals surface area (Å²) in [6.07, 6.45) is 2.72. The van der Waals surface area contributed by atoms with E-state index >= 15 is 0 Å². The van der Waals surface area contributed by atoms with Gasteiger partial charge in [-0.15, -0.1) is 0 Å². The molecule has 0 amide bonds. The van der Waals surface area contributed by atoms with Crippen molar-refractivity contribution in [1.29, 1.82) is 0 Å². The molecule has 0 saturated carbocycles. The molecule has 0 aromatic carbocycles. The number of hydrogen-bond acceptors (Lipinski definition) is 4. The molecule has 0 aliphatic carbocycles. The topological polar surface area (TPSA) is 83.9 Å². The van der Waals surface area contributed by atoms with Crippen molar-refractivity contribution in [2.24, 2.45) is 0 Å². The average Bonchev–Trinajstić information content (AvgIpc) is 2.87. The molecule has 7 heteroatoms. The van der Waals surface area contributed by atoms with Crippen LogP contribution in [0.5, 0.6) is 0 Å². The Morgan fingerprint density at radius 1 is 1.33 bits per heavy atom. The van der Waals surface area contributed by atoms with Crippen LogP contribution in [-0.4, -0.2) is 54.8 Å². The molecule has 2 saturated heterocycles. The van der Waals surface area contributed by atoms with Crippen LogP contribution >= 0.6 is 0 Å². The highest BCUT2D eigenvalue weighted by atomic mass is 32.2. The van der Waals surface area contributed by atoms with Gasteiger partial charge in [-0.2, -0.15) is 4.31 Å². The summed E-state index contributed by atoms with van der Waals surface area (Å²) in [4.78, 5) is 10.7. The van der Waals surface area contributed by atoms with E-state index in [1.54, 1.807) is 0 Å². The summed E-state index contributed by atoms with van der Waals surface area (Å²) in [5.74, 6) is -0.956. The van der Waals surface area contributed by atoms with Crippen LogP contribution in [-0.2, 0) is 19.6 Å². The lowest BCUT2D eigenvalue weighted by Gasteiger charge is -2.24. The zero-order valence-corrected chi connectivity index (χ0v) is 11.1. The number of hydrogen-bond donors (Lipinski definition) is 1. The summed E-state index contributed by atoms with van der Waals surface area (Å²) in [6, 6.07) is -0.381. The Morgan fingerprint density at radius 3 is 2.72 bits per heavy atom. The first-order chi connectivity index (χ1) is 8.49. The second-order valence-corrected chi connectivity index (χ2v) is 6.88. The third-order valence-corrected chi connectivity index (χ3v) is 5.50. The van der Waals surface area contributed by atoms with E-state index in [0.29, 0.717) is 19.6 Å². The molecule has 6 nitrogen and oxygen atoms in total. The Morgan fingerprint density at radius 2 is 2.11 bits per heavy atom. The highest BCUT2D eigenvalue weighted by Gasteiger charge is 2.37. The number of carbonyl (C=O) groups is 1. The van der Waals surface area contributed by atoms with Crippen LogP contribution in [0.2, 0.25) is 0 Å². The van der Waals surface area contributed by atoms with E-state index < -0.39 is 16.0 Å². The minimum Gasteiger partial charge on any atom is -0.481 e. The van der Waals surface area contributed by atoms with Crippen molar-refractivity contribution >= 4 is 16.0 Å². The molecule has 2 fully saturated rings. The largest absolute Gasteiger partial charge is 0.481 e. The fourth-order valence-corrected chi connectivity index (χ4v) is 4.65. The summed E-state index contributed by atoms with van der Waals surface area (Å²) in [5.41, 5.74) is 0. The van der Waals surface area contributed by atoms with Gasteiger partial charge in [-0.1, -0.05) is 0 Å². The van der Waals surface area contributed by atoms with Gasteiger partial charge < -0.3 is 9.84 Å². The van der Waals surface area contributed by atoms with E-state index in [1.807, 2.05) is 0 Å². The Hall–Kier alpha value is -0.660. The van der Waals surface area contributed by atoms with Crippen LogP contribution in [0.1, 0.15) is 32.1 Å². The van der Waals surface area contributed by atoms with Gasteiger partial charge in [0.15, 0.2) is 0 Å². The Kier molecular flexibility index (Phi) is 4.24. The maximum absolute atomic E-state index is 12.2. The minimum atomic E-state index is -3.39. The Balaban J connectivity index is 2.01. The molecule has 0 aromatic heterocycles. The van der Waals surface area contributed by atoms with Crippen LogP contribution in [0, 0.1) is 0 Å². The Labute approximate surface area is 107 Å². The molecule has 0 aromatic rings. The van der Waals surface area contributed by atoms with Gasteiger partial charge in [0.1, 0.15) is 0 Å². The second kappa shape index (κ2) is 5.54. The van der Waals surface area contributed by atoms with Crippen molar-refractivity contribution in [3.8, 4) is 0 Å². The number of nitrogens with zero attached hydrogens (tertiary/aromatic N) is 1. The second-order valence-electron chi connectivity index (χ2n) is 4.92. The van der Waals surface area contributed by atoms with Crippen LogP contribution in [0.15, 0.2) is 0 Å². The fourth-order valence-electron chi connectivity index (χ4n) is 2.69. The van der Waals surface area contributed by atoms with Crippen LogP contribution < -0.4 is 0 Å². The van der Waals surface area contributed by atoms with Crippen LogP contribution in [0.3, 0.4) is 0 Å². The molecule has 2 unspecified atom stereocenters. The SMILES string of the molecule is O=C(O)CC1CCCN1S(=O)(=O)CC1CCCO1. The number of carboxylic acid groups (broad SMARTS) is 1. The molecule has 2 atom stereocenters. The molecule has 0 radical (unpaired) electrons. The van der Waals surface area contributed by atoms with Gasteiger partial charge >= 0.3 is 5.97 Å². The maximum Gasteiger partial charge on any atom is 0.304 e. The van der Waals surface area contributed by atoms with Gasteiger partial charge in [0, 0.05) is 19.2 Å². The lowest BCUT2D eigenvalue weighted by atomic mass is 10.2. The monoisotopic (exact) mass is 277 g/mol. The lowest BCUT2D eigenvalue weighted by molar-refractivity contribution is -0.137. The number of aliphatic carboxylic acids is 1. The van der Waals surface area contributed by atoms with Gasteiger partial charge in [0.25, 0.3) is 0 Å². The standard InChI is InChI=1S/C11H19NO5S/c13-11(14)7-9-3-1-5-12(9)18(15,16)8-10-4-2-6-17-10/h9-10H,1-8H2,(H,13,14). The molecule has 1 N–H and O–H groups in total. The number of rotatable bonds is 5. The van der Waals surface area contributed by atoms with E-state index in [-0.39, 0.29) is 24.3 Å². The van der Waals surface area contributed by atoms with E-state index in [0.717, 1.165) is 19.3 Å². The van der Waals surface area contributed by atoms with Gasteiger partial charge in [0.05, 0.1) is 18.3 Å². The molecule has 2 heterocycles. The molecule has 104 valence electrons. The van der Waals surface area contributed by atoms with E-state index in [2.05, 4.69) is 0 Å². The van der Waals surface area contributed by atoms with Gasteiger partial charge in [-0.05, 0) is 25.7 Å². The zero-order chi connectivity index (χ0) is 13.2. The zero-order valence-electron chi connectivity index (χ0n) is 10.2. The molecule has 2 aliphatic rings. The lowest BCUT2D eigenvalue weighted by Crippen LogP contribution is -2.40. The van der Waals surface area contributed by atoms with Gasteiger partial charge in [0.2, 0.25) is 10.0 Å². The van der Waals surface area contributed by atoms with Crippen LogP contribution in [0.25, 0.3) is 0 Å². The molecular formula is C11H19NO5S. The van der Waals surface area contributed by atoms with Crippen molar-refractivity contribution in [2.45, 2.75) is 44.2 Å². The fraction of sp³-hybridized carbons (Fsp3) is 0.909. The van der Waals surface area contributed by atoms with E-state index in [1.165, 1.54) is 4.31 Å². The van der Waals surface area contributed by atoms with Crippen molar-refractivity contribution in [2.75, 3.05) is 18.9 Å². The van der Waals surface area contributed by atoms with Crippen LogP contribution in [0.4, 0.5) is 0 Å². The number of sulfonamides is 1. The van der Waals surface area contributed by atoms with E-state index in [9.17, 15) is 13.2 Å². The normalized spacial score (nSPS) is 29.8. The molecular weight excluding hydrogens is 258 g/mol. The Bertz CT molecular complexity index is 402. The molecule has 0 spiro atoms. The molecule has 2 rings (SSSR count). The minimum absolute atomic E-state index is 0.0108. The average molecular weight is 277 g/mol.